The van der Waals surface area contributed by atoms with Crippen LogP contribution < -0.4 is 10.3 Å². The van der Waals surface area contributed by atoms with Gasteiger partial charge in [-0.25, -0.2) is 4.79 Å². The molecular weight excluding hydrogens is 444 g/mol. The molecule has 1 aliphatic rings. The molecule has 0 N–H and O–H groups in total. The Morgan fingerprint density at radius 2 is 1.91 bits per heavy atom. The normalized spacial score (nSPS) is 13.8. The smallest absolute Gasteiger partial charge is 0.343 e. The van der Waals surface area contributed by atoms with E-state index in [-0.39, 0.29) is 5.56 Å². The number of carbonyl (C=O) groups excluding carboxylic acids is 1. The number of pyridine rings is 1. The van der Waals surface area contributed by atoms with E-state index in [2.05, 4.69) is 42.0 Å². The van der Waals surface area contributed by atoms with Crippen LogP contribution in [0.25, 0.3) is 0 Å². The van der Waals surface area contributed by atoms with Gasteiger partial charge >= 0.3 is 5.97 Å². The molecule has 0 fully saturated rings. The predicted molar refractivity (Wildman–Crippen MR) is 134 cm³/mol. The van der Waals surface area contributed by atoms with Crippen molar-refractivity contribution in [1.29, 1.82) is 0 Å². The van der Waals surface area contributed by atoms with Gasteiger partial charge in [-0.15, -0.1) is 0 Å². The first-order chi connectivity index (χ1) is 16.9. The molecule has 8 nitrogen and oxygen atoms in total. The number of esters is 1. The second-order valence-electron chi connectivity index (χ2n) is 9.23. The zero-order valence-corrected chi connectivity index (χ0v) is 21.0. The lowest BCUT2D eigenvalue weighted by Crippen LogP contribution is -2.29. The lowest BCUT2D eigenvalue weighted by molar-refractivity contribution is 0.0593. The summed E-state index contributed by atoms with van der Waals surface area (Å²) in [6, 6.07) is 7.95. The minimum atomic E-state index is -0.474. The Balaban J connectivity index is 1.50. The van der Waals surface area contributed by atoms with Crippen LogP contribution in [0.2, 0.25) is 0 Å². The molecule has 1 aromatic carbocycles. The SMILES string of the molecule is COC(=O)c1c(OCCCc2cnn(C)c2)cc(=O)n2c1CCN(Cc1ccc(C)c(C)c1)CC2. The molecule has 0 spiro atoms. The van der Waals surface area contributed by atoms with Gasteiger partial charge in [-0.2, -0.15) is 5.10 Å². The first-order valence-corrected chi connectivity index (χ1v) is 12.1. The van der Waals surface area contributed by atoms with Crippen LogP contribution in [0.5, 0.6) is 5.75 Å². The van der Waals surface area contributed by atoms with E-state index in [1.807, 2.05) is 19.4 Å². The van der Waals surface area contributed by atoms with Crippen molar-refractivity contribution in [2.75, 3.05) is 26.8 Å². The third-order valence-corrected chi connectivity index (χ3v) is 6.68. The Bertz CT molecular complexity index is 1260. The van der Waals surface area contributed by atoms with Crippen LogP contribution in [0.4, 0.5) is 0 Å². The molecule has 0 saturated heterocycles. The summed E-state index contributed by atoms with van der Waals surface area (Å²) in [7, 11) is 3.24. The van der Waals surface area contributed by atoms with Crippen LogP contribution in [0.3, 0.4) is 0 Å². The number of hydrogen-bond acceptors (Lipinski definition) is 6. The Kier molecular flexibility index (Phi) is 7.70. The number of ether oxygens (including phenoxy) is 2. The molecule has 0 aliphatic carbocycles. The summed E-state index contributed by atoms with van der Waals surface area (Å²) in [5.74, 6) is -0.166. The summed E-state index contributed by atoms with van der Waals surface area (Å²) < 4.78 is 14.5. The number of nitrogens with zero attached hydrogens (tertiary/aromatic N) is 4. The first kappa shape index (κ1) is 24.7. The maximum Gasteiger partial charge on any atom is 0.343 e. The molecule has 0 atom stereocenters. The number of benzene rings is 1. The molecule has 3 heterocycles. The number of methoxy groups -OCH3 is 1. The molecular formula is C27H34N4O4. The number of aromatic nitrogens is 3. The van der Waals surface area contributed by atoms with Crippen LogP contribution in [-0.2, 0) is 37.7 Å². The average molecular weight is 479 g/mol. The van der Waals surface area contributed by atoms with E-state index in [4.69, 9.17) is 9.47 Å². The Morgan fingerprint density at radius 1 is 1.09 bits per heavy atom. The molecule has 0 bridgehead atoms. The number of hydrogen-bond donors (Lipinski definition) is 0. The first-order valence-electron chi connectivity index (χ1n) is 12.1. The fourth-order valence-corrected chi connectivity index (χ4v) is 4.61. The van der Waals surface area contributed by atoms with E-state index in [0.29, 0.717) is 36.6 Å². The number of fused-ring (bicyclic) bond motifs is 1. The lowest BCUT2D eigenvalue weighted by atomic mass is 10.1. The van der Waals surface area contributed by atoms with Crippen molar-refractivity contribution < 1.29 is 14.3 Å². The minimum absolute atomic E-state index is 0.150. The molecule has 4 rings (SSSR count). The van der Waals surface area contributed by atoms with E-state index in [1.165, 1.54) is 29.9 Å². The van der Waals surface area contributed by atoms with Gasteiger partial charge in [-0.05, 0) is 48.9 Å². The standard InChI is InChI=1S/C27H34N4O4/c1-19-7-8-21(14-20(19)2)18-30-10-9-23-26(27(33)34-4)24(15-25(32)31(23)12-11-30)35-13-5-6-22-16-28-29(3)17-22/h7-8,14-17H,5-6,9-13,18H2,1-4H3. The third kappa shape index (κ3) is 5.82. The second-order valence-corrected chi connectivity index (χ2v) is 9.23. The zero-order valence-electron chi connectivity index (χ0n) is 21.0. The molecule has 2 aromatic heterocycles. The van der Waals surface area contributed by atoms with Gasteiger partial charge in [0.25, 0.3) is 5.56 Å². The summed E-state index contributed by atoms with van der Waals surface area (Å²) in [4.78, 5) is 28.1. The van der Waals surface area contributed by atoms with Crippen LogP contribution in [0.15, 0.2) is 41.5 Å². The molecule has 0 amide bonds. The number of carbonyl (C=O) groups is 1. The predicted octanol–water partition coefficient (Wildman–Crippen LogP) is 3.06. The van der Waals surface area contributed by atoms with E-state index in [0.717, 1.165) is 38.0 Å². The van der Waals surface area contributed by atoms with Gasteiger partial charge in [0.05, 0.1) is 19.9 Å². The second kappa shape index (κ2) is 10.9. The minimum Gasteiger partial charge on any atom is -0.492 e. The van der Waals surface area contributed by atoms with E-state index in [1.54, 1.807) is 9.25 Å². The summed E-state index contributed by atoms with van der Waals surface area (Å²) >= 11 is 0. The highest BCUT2D eigenvalue weighted by Crippen LogP contribution is 2.25. The van der Waals surface area contributed by atoms with Crippen LogP contribution in [-0.4, -0.2) is 52.0 Å². The summed E-state index contributed by atoms with van der Waals surface area (Å²) in [5, 5.41) is 4.18. The van der Waals surface area contributed by atoms with Crippen LogP contribution in [0, 0.1) is 13.8 Å². The van der Waals surface area contributed by atoms with Gasteiger partial charge in [0.15, 0.2) is 0 Å². The Morgan fingerprint density at radius 3 is 2.63 bits per heavy atom. The third-order valence-electron chi connectivity index (χ3n) is 6.68. The van der Waals surface area contributed by atoms with Crippen molar-refractivity contribution in [2.45, 2.75) is 46.2 Å². The van der Waals surface area contributed by atoms with Gasteiger partial charge in [0.1, 0.15) is 11.3 Å². The van der Waals surface area contributed by atoms with Gasteiger partial charge in [0.2, 0.25) is 0 Å². The fourth-order valence-electron chi connectivity index (χ4n) is 4.61. The van der Waals surface area contributed by atoms with Gasteiger partial charge in [0, 0.05) is 57.6 Å². The van der Waals surface area contributed by atoms with Crippen molar-refractivity contribution >= 4 is 5.97 Å². The van der Waals surface area contributed by atoms with E-state index in [9.17, 15) is 9.59 Å². The van der Waals surface area contributed by atoms with Crippen molar-refractivity contribution in [3.63, 3.8) is 0 Å². The average Bonchev–Trinajstić information content (AvgIpc) is 3.14. The van der Waals surface area contributed by atoms with Crippen molar-refractivity contribution in [3.05, 3.63) is 80.5 Å². The van der Waals surface area contributed by atoms with Gasteiger partial charge < -0.3 is 14.0 Å². The molecule has 186 valence electrons. The van der Waals surface area contributed by atoms with E-state index >= 15 is 0 Å². The molecule has 8 heteroatoms. The highest BCUT2D eigenvalue weighted by Gasteiger charge is 2.26. The van der Waals surface area contributed by atoms with Crippen molar-refractivity contribution in [2.24, 2.45) is 7.05 Å². The Hall–Kier alpha value is -3.39. The molecule has 0 saturated carbocycles. The van der Waals surface area contributed by atoms with Crippen molar-refractivity contribution in [1.82, 2.24) is 19.2 Å². The van der Waals surface area contributed by atoms with E-state index < -0.39 is 5.97 Å². The monoisotopic (exact) mass is 478 g/mol. The highest BCUT2D eigenvalue weighted by molar-refractivity contribution is 5.93. The topological polar surface area (TPSA) is 78.6 Å². The number of aryl methyl sites for hydroxylation is 4. The van der Waals surface area contributed by atoms with Gasteiger partial charge in [-0.1, -0.05) is 18.2 Å². The van der Waals surface area contributed by atoms with Gasteiger partial charge in [-0.3, -0.25) is 14.4 Å². The number of rotatable bonds is 8. The zero-order chi connectivity index (χ0) is 24.9. The molecule has 3 aromatic rings. The van der Waals surface area contributed by atoms with Crippen molar-refractivity contribution in [3.8, 4) is 5.75 Å². The quantitative estimate of drug-likeness (QED) is 0.366. The fraction of sp³-hybridized carbons (Fsp3) is 0.444. The summed E-state index contributed by atoms with van der Waals surface area (Å²) in [6.07, 6.45) is 5.92. The maximum absolute atomic E-state index is 13.0. The summed E-state index contributed by atoms with van der Waals surface area (Å²) in [6.45, 7) is 7.41. The Labute approximate surface area is 206 Å². The van der Waals surface area contributed by atoms with Crippen LogP contribution >= 0.6 is 0 Å². The lowest BCUT2D eigenvalue weighted by Gasteiger charge is -2.20. The van der Waals surface area contributed by atoms with Crippen LogP contribution in [0.1, 0.15) is 44.7 Å². The maximum atomic E-state index is 13.0. The summed E-state index contributed by atoms with van der Waals surface area (Å²) in [5.41, 5.74) is 5.82. The largest absolute Gasteiger partial charge is 0.492 e. The molecule has 35 heavy (non-hydrogen) atoms. The molecule has 0 radical (unpaired) electrons. The molecule has 0 unspecified atom stereocenters. The molecule has 1 aliphatic heterocycles. The highest BCUT2D eigenvalue weighted by atomic mass is 16.5.